The normalized spacial score (nSPS) is 18.0. The monoisotopic (exact) mass is 408 g/mol. The number of carbonyl (C=O) groups excluding carboxylic acids is 1. The molecule has 3 heterocycles. The summed E-state index contributed by atoms with van der Waals surface area (Å²) in [7, 11) is 0. The summed E-state index contributed by atoms with van der Waals surface area (Å²) in [5.74, 6) is 0.938. The number of hydrogen-bond donors (Lipinski definition) is 1. The number of para-hydroxylation sites is 1. The molecule has 1 fully saturated rings. The van der Waals surface area contributed by atoms with Crippen molar-refractivity contribution in [1.82, 2.24) is 9.78 Å². The van der Waals surface area contributed by atoms with E-state index in [0.717, 1.165) is 58.7 Å². The van der Waals surface area contributed by atoms with Gasteiger partial charge in [0.1, 0.15) is 0 Å². The molecule has 150 valence electrons. The number of carbonyl (C=O) groups is 1. The van der Waals surface area contributed by atoms with Gasteiger partial charge in [0.25, 0.3) is 0 Å². The Balaban J connectivity index is 1.67. The van der Waals surface area contributed by atoms with Crippen molar-refractivity contribution in [1.29, 1.82) is 5.41 Å². The molecule has 0 atom stereocenters. The molecule has 1 aromatic heterocycles. The molecule has 1 saturated heterocycles. The van der Waals surface area contributed by atoms with Crippen molar-refractivity contribution in [2.75, 3.05) is 24.5 Å². The number of fused-ring (bicyclic) bond motifs is 1. The van der Waals surface area contributed by atoms with Crippen molar-refractivity contribution in [2.45, 2.75) is 26.7 Å². The first-order valence-corrected chi connectivity index (χ1v) is 10.6. The number of allylic oxidation sites excluding steroid dienone is 1. The Labute approximate surface area is 172 Å². The zero-order valence-corrected chi connectivity index (χ0v) is 17.4. The number of benzene rings is 1. The van der Waals surface area contributed by atoms with E-state index < -0.39 is 0 Å². The smallest absolute Gasteiger partial charge is 0.235 e. The van der Waals surface area contributed by atoms with E-state index >= 15 is 0 Å². The first-order valence-electron chi connectivity index (χ1n) is 9.79. The quantitative estimate of drug-likeness (QED) is 0.472. The van der Waals surface area contributed by atoms with E-state index in [2.05, 4.69) is 26.9 Å². The molecule has 0 bridgehead atoms. The number of piperidine rings is 1. The van der Waals surface area contributed by atoms with Crippen LogP contribution in [0, 0.1) is 11.3 Å². The Hall–Kier alpha value is -2.87. The zero-order valence-electron chi connectivity index (χ0n) is 16.6. The first-order chi connectivity index (χ1) is 14.1. The van der Waals surface area contributed by atoms with Gasteiger partial charge in [0, 0.05) is 18.3 Å². The number of aromatic nitrogens is 2. The van der Waals surface area contributed by atoms with Crippen LogP contribution in [0.2, 0.25) is 0 Å². The number of rotatable bonds is 4. The fraction of sp³-hybridized carbons (Fsp3) is 0.381. The molecule has 0 aliphatic carbocycles. The van der Waals surface area contributed by atoms with Gasteiger partial charge in [-0.25, -0.2) is 0 Å². The maximum absolute atomic E-state index is 11.0. The fourth-order valence-corrected chi connectivity index (χ4v) is 4.54. The van der Waals surface area contributed by atoms with Crippen molar-refractivity contribution in [2.24, 2.45) is 15.9 Å². The van der Waals surface area contributed by atoms with E-state index in [0.29, 0.717) is 17.8 Å². The van der Waals surface area contributed by atoms with Gasteiger partial charge in [-0.3, -0.25) is 15.2 Å². The van der Waals surface area contributed by atoms with Crippen LogP contribution < -0.4 is 20.3 Å². The van der Waals surface area contributed by atoms with Gasteiger partial charge in [0.05, 0.1) is 11.9 Å². The SMILES string of the molecule is C/C(=C/C1=c2ccccc2=NC1)C(=N)n1nc(N2CCC(C)CC2)sc1=NC=O. The lowest BCUT2D eigenvalue weighted by atomic mass is 10.00. The Bertz CT molecular complexity index is 1160. The van der Waals surface area contributed by atoms with Crippen LogP contribution in [-0.2, 0) is 4.79 Å². The summed E-state index contributed by atoms with van der Waals surface area (Å²) in [6.45, 7) is 6.63. The average Bonchev–Trinajstić information content (AvgIpc) is 3.33. The van der Waals surface area contributed by atoms with E-state index in [-0.39, 0.29) is 5.84 Å². The number of anilines is 1. The molecule has 0 spiro atoms. The molecule has 7 nitrogen and oxygen atoms in total. The lowest BCUT2D eigenvalue weighted by Crippen LogP contribution is -2.33. The summed E-state index contributed by atoms with van der Waals surface area (Å²) in [6.07, 6.45) is 4.74. The Morgan fingerprint density at radius 2 is 2.07 bits per heavy atom. The highest BCUT2D eigenvalue weighted by Gasteiger charge is 2.21. The van der Waals surface area contributed by atoms with Crippen molar-refractivity contribution < 1.29 is 4.79 Å². The van der Waals surface area contributed by atoms with E-state index in [1.165, 1.54) is 16.0 Å². The van der Waals surface area contributed by atoms with E-state index in [9.17, 15) is 4.79 Å². The van der Waals surface area contributed by atoms with Gasteiger partial charge < -0.3 is 4.90 Å². The van der Waals surface area contributed by atoms with Gasteiger partial charge in [-0.15, -0.1) is 5.10 Å². The third-order valence-electron chi connectivity index (χ3n) is 5.41. The maximum Gasteiger partial charge on any atom is 0.235 e. The van der Waals surface area contributed by atoms with Crippen LogP contribution in [0.1, 0.15) is 26.7 Å². The largest absolute Gasteiger partial charge is 0.347 e. The summed E-state index contributed by atoms with van der Waals surface area (Å²) in [6, 6.07) is 8.02. The standard InChI is InChI=1S/C21H24N6OS/c1-14-7-9-26(10-8-14)21-25-27(20(29-21)24-13-28)19(22)15(2)11-16-12-23-18-6-4-3-5-17(16)18/h3-6,11,13-14,22H,7-10,12H2,1-2H3/b15-11-,22-19?,24-20?. The molecule has 1 aromatic carbocycles. The fourth-order valence-electron chi connectivity index (χ4n) is 3.63. The second-order valence-electron chi connectivity index (χ2n) is 7.52. The molecule has 2 aliphatic rings. The highest BCUT2D eigenvalue weighted by molar-refractivity contribution is 7.13. The Morgan fingerprint density at radius 1 is 1.31 bits per heavy atom. The third kappa shape index (κ3) is 3.98. The molecule has 2 aromatic rings. The van der Waals surface area contributed by atoms with Crippen LogP contribution in [-0.4, -0.2) is 41.7 Å². The molecular weight excluding hydrogens is 384 g/mol. The number of amides is 1. The van der Waals surface area contributed by atoms with Gasteiger partial charge in [-0.2, -0.15) is 9.67 Å². The van der Waals surface area contributed by atoms with Crippen LogP contribution >= 0.6 is 11.3 Å². The second kappa shape index (κ2) is 8.24. The molecule has 29 heavy (non-hydrogen) atoms. The highest BCUT2D eigenvalue weighted by Crippen LogP contribution is 2.23. The minimum Gasteiger partial charge on any atom is -0.347 e. The summed E-state index contributed by atoms with van der Waals surface area (Å²) in [5, 5.41) is 16.2. The van der Waals surface area contributed by atoms with Crippen molar-refractivity contribution in [3.8, 4) is 0 Å². The minimum atomic E-state index is 0.218. The predicted octanol–water partition coefficient (Wildman–Crippen LogP) is 1.49. The van der Waals surface area contributed by atoms with Gasteiger partial charge in [0.2, 0.25) is 16.3 Å². The molecular formula is C21H24N6OS. The van der Waals surface area contributed by atoms with Gasteiger partial charge in [-0.05, 0) is 49.0 Å². The molecule has 0 radical (unpaired) electrons. The lowest BCUT2D eigenvalue weighted by Gasteiger charge is -2.29. The third-order valence-corrected chi connectivity index (χ3v) is 6.40. The molecule has 1 N–H and O–H groups in total. The van der Waals surface area contributed by atoms with E-state index in [1.807, 2.05) is 37.3 Å². The van der Waals surface area contributed by atoms with E-state index in [4.69, 9.17) is 5.41 Å². The van der Waals surface area contributed by atoms with Gasteiger partial charge in [-0.1, -0.05) is 36.5 Å². The maximum atomic E-state index is 11.0. The second-order valence-corrected chi connectivity index (χ2v) is 8.45. The zero-order chi connectivity index (χ0) is 20.4. The Morgan fingerprint density at radius 3 is 2.83 bits per heavy atom. The number of nitrogens with one attached hydrogen (secondary N) is 1. The summed E-state index contributed by atoms with van der Waals surface area (Å²) in [5.41, 5.74) is 1.83. The molecule has 0 saturated carbocycles. The van der Waals surface area contributed by atoms with Crippen molar-refractivity contribution >= 4 is 34.3 Å². The number of nitrogens with zero attached hydrogens (tertiary/aromatic N) is 5. The van der Waals surface area contributed by atoms with Crippen LogP contribution in [0.3, 0.4) is 0 Å². The van der Waals surface area contributed by atoms with Crippen LogP contribution in [0.15, 0.2) is 45.9 Å². The summed E-state index contributed by atoms with van der Waals surface area (Å²) in [4.78, 5) is 22.2. The molecule has 8 heteroatoms. The first kappa shape index (κ1) is 19.4. The number of hydrogen-bond acceptors (Lipinski definition) is 6. The highest BCUT2D eigenvalue weighted by atomic mass is 32.1. The Kier molecular flexibility index (Phi) is 5.53. The summed E-state index contributed by atoms with van der Waals surface area (Å²) < 4.78 is 1.47. The van der Waals surface area contributed by atoms with Crippen LogP contribution in [0.5, 0.6) is 0 Å². The van der Waals surface area contributed by atoms with Crippen LogP contribution in [0.25, 0.3) is 5.57 Å². The topological polar surface area (TPSA) is 86.7 Å². The molecule has 0 unspecified atom stereocenters. The van der Waals surface area contributed by atoms with Crippen molar-refractivity contribution in [3.63, 3.8) is 0 Å². The summed E-state index contributed by atoms with van der Waals surface area (Å²) >= 11 is 1.36. The van der Waals surface area contributed by atoms with E-state index in [1.54, 1.807) is 0 Å². The average molecular weight is 409 g/mol. The lowest BCUT2D eigenvalue weighted by molar-refractivity contribution is -0.107. The van der Waals surface area contributed by atoms with Crippen molar-refractivity contribution in [3.05, 3.63) is 51.3 Å². The molecule has 1 amide bonds. The molecule has 2 aliphatic heterocycles. The van der Waals surface area contributed by atoms with Gasteiger partial charge in [0.15, 0.2) is 5.84 Å². The molecule has 4 rings (SSSR count). The van der Waals surface area contributed by atoms with Gasteiger partial charge >= 0.3 is 0 Å². The van der Waals surface area contributed by atoms with Crippen LogP contribution in [0.4, 0.5) is 5.13 Å². The minimum absolute atomic E-state index is 0.218. The predicted molar refractivity (Wildman–Crippen MR) is 115 cm³/mol.